The molecule has 1 fully saturated rings. The van der Waals surface area contributed by atoms with Gasteiger partial charge in [-0.05, 0) is 17.7 Å². The average molecular weight is 327 g/mol. The Kier molecular flexibility index (Phi) is 4.71. The Morgan fingerprint density at radius 1 is 1.25 bits per heavy atom. The molecule has 2 atom stereocenters. The van der Waals surface area contributed by atoms with Gasteiger partial charge in [-0.2, -0.15) is 0 Å². The minimum Gasteiger partial charge on any atom is -0.481 e. The maximum absolute atomic E-state index is 11.6. The van der Waals surface area contributed by atoms with Gasteiger partial charge < -0.3 is 10.0 Å². The van der Waals surface area contributed by atoms with Crippen LogP contribution < -0.4 is 4.90 Å². The van der Waals surface area contributed by atoms with Crippen LogP contribution in [0.4, 0.5) is 5.95 Å². The van der Waals surface area contributed by atoms with Crippen LogP contribution in [0.2, 0.25) is 0 Å². The van der Waals surface area contributed by atoms with Crippen molar-refractivity contribution in [1.82, 2.24) is 19.9 Å². The van der Waals surface area contributed by atoms with Gasteiger partial charge in [0.25, 0.3) is 0 Å². The molecule has 24 heavy (non-hydrogen) atoms. The Morgan fingerprint density at radius 3 is 2.50 bits per heavy atom. The molecule has 126 valence electrons. The van der Waals surface area contributed by atoms with Crippen LogP contribution in [0, 0.1) is 5.92 Å². The minimum atomic E-state index is -0.751. The quantitative estimate of drug-likeness (QED) is 0.884. The number of carboxylic acid groups (broad SMARTS) is 1. The van der Waals surface area contributed by atoms with Crippen LogP contribution in [0.15, 0.2) is 36.9 Å². The highest BCUT2D eigenvalue weighted by molar-refractivity contribution is 5.72. The number of nitrogens with zero attached hydrogens (tertiary/aromatic N) is 5. The topological polar surface area (TPSA) is 82.5 Å². The van der Waals surface area contributed by atoms with E-state index >= 15 is 0 Å². The second-order valence-electron chi connectivity index (χ2n) is 6.31. The number of rotatable bonds is 5. The zero-order valence-corrected chi connectivity index (χ0v) is 13.8. The highest BCUT2D eigenvalue weighted by Gasteiger charge is 2.38. The van der Waals surface area contributed by atoms with Crippen molar-refractivity contribution >= 4 is 11.9 Å². The number of carboxylic acids is 1. The molecule has 0 aromatic carbocycles. The number of aromatic nitrogens is 3. The Hall–Kier alpha value is -2.54. The summed E-state index contributed by atoms with van der Waals surface area (Å²) >= 11 is 0. The molecule has 7 heteroatoms. The molecule has 1 aliphatic heterocycles. The first kappa shape index (κ1) is 16.3. The summed E-state index contributed by atoms with van der Waals surface area (Å²) in [6, 6.07) is 3.80. The van der Waals surface area contributed by atoms with Crippen LogP contribution in [-0.4, -0.2) is 58.1 Å². The minimum absolute atomic E-state index is 0.0209. The number of aliphatic carboxylic acids is 1. The van der Waals surface area contributed by atoms with E-state index in [1.54, 1.807) is 24.8 Å². The lowest BCUT2D eigenvalue weighted by molar-refractivity contribution is -0.141. The normalized spacial score (nSPS) is 20.9. The second-order valence-corrected chi connectivity index (χ2v) is 6.31. The predicted molar refractivity (Wildman–Crippen MR) is 89.7 cm³/mol. The fourth-order valence-electron chi connectivity index (χ4n) is 3.13. The van der Waals surface area contributed by atoms with E-state index in [-0.39, 0.29) is 5.92 Å². The molecular weight excluding hydrogens is 306 g/mol. The summed E-state index contributed by atoms with van der Waals surface area (Å²) in [5.41, 5.74) is 2.01. The Bertz CT molecular complexity index is 690. The molecule has 1 N–H and O–H groups in total. The van der Waals surface area contributed by atoms with E-state index < -0.39 is 11.9 Å². The molecule has 1 saturated heterocycles. The molecule has 7 nitrogen and oxygen atoms in total. The second kappa shape index (κ2) is 6.92. The predicted octanol–water partition coefficient (Wildman–Crippen LogP) is 1.24. The molecule has 1 aliphatic rings. The summed E-state index contributed by atoms with van der Waals surface area (Å²) in [4.78, 5) is 28.3. The number of hydrogen-bond donors (Lipinski definition) is 1. The fourth-order valence-corrected chi connectivity index (χ4v) is 3.13. The lowest BCUT2D eigenvalue weighted by atomic mass is 9.90. The van der Waals surface area contributed by atoms with Gasteiger partial charge in [0, 0.05) is 70.0 Å². The maximum atomic E-state index is 11.6. The van der Waals surface area contributed by atoms with E-state index in [4.69, 9.17) is 0 Å². The van der Waals surface area contributed by atoms with Gasteiger partial charge >= 0.3 is 5.97 Å². The van der Waals surface area contributed by atoms with Crippen molar-refractivity contribution < 1.29 is 9.90 Å². The van der Waals surface area contributed by atoms with Crippen molar-refractivity contribution in [2.45, 2.75) is 12.5 Å². The zero-order valence-electron chi connectivity index (χ0n) is 13.8. The van der Waals surface area contributed by atoms with Gasteiger partial charge in [0.15, 0.2) is 0 Å². The third kappa shape index (κ3) is 3.51. The van der Waals surface area contributed by atoms with Gasteiger partial charge in [-0.15, -0.1) is 0 Å². The van der Waals surface area contributed by atoms with E-state index in [9.17, 15) is 9.90 Å². The lowest BCUT2D eigenvalue weighted by Crippen LogP contribution is -2.23. The molecule has 2 aromatic rings. The first-order valence-electron chi connectivity index (χ1n) is 7.88. The zero-order chi connectivity index (χ0) is 17.1. The first-order chi connectivity index (χ1) is 11.5. The van der Waals surface area contributed by atoms with Gasteiger partial charge in [-0.25, -0.2) is 9.97 Å². The third-order valence-electron chi connectivity index (χ3n) is 4.34. The lowest BCUT2D eigenvalue weighted by Gasteiger charge is -2.16. The van der Waals surface area contributed by atoms with E-state index in [0.29, 0.717) is 25.6 Å². The molecule has 0 unspecified atom stereocenters. The molecule has 0 bridgehead atoms. The van der Waals surface area contributed by atoms with E-state index in [1.165, 1.54) is 0 Å². The Labute approximate surface area is 141 Å². The van der Waals surface area contributed by atoms with Gasteiger partial charge in [-0.3, -0.25) is 14.7 Å². The van der Waals surface area contributed by atoms with Crippen molar-refractivity contribution in [2.75, 3.05) is 32.1 Å². The highest BCUT2D eigenvalue weighted by atomic mass is 16.4. The SMILES string of the molecule is CN(C)c1ncc(CN2C[C@H](C(=O)O)[C@@H](c3ccncc3)C2)cn1. The van der Waals surface area contributed by atoms with Gasteiger partial charge in [0.05, 0.1) is 5.92 Å². The summed E-state index contributed by atoms with van der Waals surface area (Å²) < 4.78 is 0. The number of hydrogen-bond acceptors (Lipinski definition) is 6. The Morgan fingerprint density at radius 2 is 1.92 bits per heavy atom. The molecule has 3 heterocycles. The summed E-state index contributed by atoms with van der Waals surface area (Å²) in [6.07, 6.45) is 7.03. The molecule has 0 spiro atoms. The van der Waals surface area contributed by atoms with Crippen LogP contribution >= 0.6 is 0 Å². The Balaban J connectivity index is 1.72. The maximum Gasteiger partial charge on any atom is 0.308 e. The largest absolute Gasteiger partial charge is 0.481 e. The summed E-state index contributed by atoms with van der Waals surface area (Å²) in [5, 5.41) is 9.55. The van der Waals surface area contributed by atoms with Crippen molar-refractivity contribution in [1.29, 1.82) is 0 Å². The van der Waals surface area contributed by atoms with Crippen LogP contribution in [-0.2, 0) is 11.3 Å². The molecule has 0 amide bonds. The third-order valence-corrected chi connectivity index (χ3v) is 4.34. The summed E-state index contributed by atoms with van der Waals surface area (Å²) in [5.74, 6) is -0.515. The van der Waals surface area contributed by atoms with Gasteiger partial charge in [0.1, 0.15) is 0 Å². The summed E-state index contributed by atoms with van der Waals surface area (Å²) in [7, 11) is 3.79. The molecule has 2 aromatic heterocycles. The molecule has 0 saturated carbocycles. The molecular formula is C17H21N5O2. The average Bonchev–Trinajstić information content (AvgIpc) is 3.00. The molecule has 0 aliphatic carbocycles. The van der Waals surface area contributed by atoms with Crippen molar-refractivity contribution in [3.05, 3.63) is 48.0 Å². The van der Waals surface area contributed by atoms with E-state index in [1.807, 2.05) is 31.1 Å². The van der Waals surface area contributed by atoms with Gasteiger partial charge in [0.2, 0.25) is 5.95 Å². The number of anilines is 1. The van der Waals surface area contributed by atoms with Crippen molar-refractivity contribution in [3.8, 4) is 0 Å². The number of carbonyl (C=O) groups is 1. The van der Waals surface area contributed by atoms with Crippen LogP contribution in [0.3, 0.4) is 0 Å². The fraction of sp³-hybridized carbons (Fsp3) is 0.412. The summed E-state index contributed by atoms with van der Waals surface area (Å²) in [6.45, 7) is 1.88. The van der Waals surface area contributed by atoms with Crippen LogP contribution in [0.5, 0.6) is 0 Å². The standard InChI is InChI=1S/C17H21N5O2/c1-21(2)17-19-7-12(8-20-17)9-22-10-14(15(11-22)16(23)24)13-3-5-18-6-4-13/h3-8,14-15H,9-11H2,1-2H3,(H,23,24)/t14-,15+/m1/s1. The highest BCUT2D eigenvalue weighted by Crippen LogP contribution is 2.33. The van der Waals surface area contributed by atoms with E-state index in [2.05, 4.69) is 19.9 Å². The molecule has 0 radical (unpaired) electrons. The van der Waals surface area contributed by atoms with Crippen molar-refractivity contribution in [3.63, 3.8) is 0 Å². The smallest absolute Gasteiger partial charge is 0.308 e. The van der Waals surface area contributed by atoms with Crippen LogP contribution in [0.1, 0.15) is 17.0 Å². The van der Waals surface area contributed by atoms with E-state index in [0.717, 1.165) is 11.1 Å². The van der Waals surface area contributed by atoms with Gasteiger partial charge in [-0.1, -0.05) is 0 Å². The van der Waals surface area contributed by atoms with Crippen LogP contribution in [0.25, 0.3) is 0 Å². The first-order valence-corrected chi connectivity index (χ1v) is 7.88. The monoisotopic (exact) mass is 327 g/mol. The number of pyridine rings is 1. The van der Waals surface area contributed by atoms with Crippen molar-refractivity contribution in [2.24, 2.45) is 5.92 Å². The molecule has 3 rings (SSSR count). The number of likely N-dealkylation sites (tertiary alicyclic amines) is 1.